The van der Waals surface area contributed by atoms with Gasteiger partial charge in [0.25, 0.3) is 0 Å². The summed E-state index contributed by atoms with van der Waals surface area (Å²) in [6.45, 7) is 2.51. The Morgan fingerprint density at radius 2 is 1.81 bits per heavy atom. The van der Waals surface area contributed by atoms with Crippen LogP contribution < -0.4 is 5.73 Å². The van der Waals surface area contributed by atoms with Gasteiger partial charge in [-0.1, -0.05) is 12.8 Å². The average molecular weight is 220 g/mol. The minimum atomic E-state index is 0.282. The minimum absolute atomic E-state index is 0.282. The van der Waals surface area contributed by atoms with E-state index in [4.69, 9.17) is 12.2 Å². The van der Waals surface area contributed by atoms with Gasteiger partial charge in [0.2, 0.25) is 0 Å². The zero-order chi connectivity index (χ0) is 11.4. The zero-order valence-electron chi connectivity index (χ0n) is 10.3. The first kappa shape index (κ1) is 12.0. The van der Waals surface area contributed by atoms with E-state index in [1.807, 2.05) is 0 Å². The van der Waals surface area contributed by atoms with Crippen molar-refractivity contribution in [2.45, 2.75) is 62.9 Å². The summed E-state index contributed by atoms with van der Waals surface area (Å²) in [5, 5.41) is 0. The number of terminal acetylenes is 1. The van der Waals surface area contributed by atoms with Crippen molar-refractivity contribution < 1.29 is 0 Å². The molecule has 1 aliphatic carbocycles. The van der Waals surface area contributed by atoms with Crippen LogP contribution in [0.25, 0.3) is 0 Å². The monoisotopic (exact) mass is 220 g/mol. The molecule has 0 aromatic carbocycles. The quantitative estimate of drug-likeness (QED) is 0.735. The maximum atomic E-state index is 6.44. The lowest BCUT2D eigenvalue weighted by Gasteiger charge is -2.43. The molecule has 2 fully saturated rings. The fourth-order valence-corrected chi connectivity index (χ4v) is 3.58. The Morgan fingerprint density at radius 1 is 1.19 bits per heavy atom. The van der Waals surface area contributed by atoms with E-state index in [-0.39, 0.29) is 6.04 Å². The normalized spacial score (nSPS) is 26.8. The molecule has 1 atom stereocenters. The van der Waals surface area contributed by atoms with Crippen LogP contribution in [0.1, 0.15) is 51.4 Å². The highest BCUT2D eigenvalue weighted by Crippen LogP contribution is 2.40. The van der Waals surface area contributed by atoms with Crippen molar-refractivity contribution in [2.75, 3.05) is 13.1 Å². The molecule has 1 aliphatic heterocycles. The molecule has 0 aromatic heterocycles. The highest BCUT2D eigenvalue weighted by Gasteiger charge is 2.44. The lowest BCUT2D eigenvalue weighted by Crippen LogP contribution is -2.57. The van der Waals surface area contributed by atoms with Crippen molar-refractivity contribution in [1.82, 2.24) is 4.90 Å². The molecule has 1 heterocycles. The molecule has 0 aromatic rings. The van der Waals surface area contributed by atoms with Crippen LogP contribution in [0.2, 0.25) is 0 Å². The van der Waals surface area contributed by atoms with E-state index in [1.165, 1.54) is 51.6 Å². The van der Waals surface area contributed by atoms with Gasteiger partial charge >= 0.3 is 0 Å². The number of hydrogen-bond donors (Lipinski definition) is 1. The van der Waals surface area contributed by atoms with Crippen molar-refractivity contribution >= 4 is 0 Å². The van der Waals surface area contributed by atoms with Crippen LogP contribution in [-0.4, -0.2) is 29.6 Å². The summed E-state index contributed by atoms with van der Waals surface area (Å²) in [7, 11) is 0. The van der Waals surface area contributed by atoms with Gasteiger partial charge in [0, 0.05) is 18.0 Å². The van der Waals surface area contributed by atoms with E-state index in [0.29, 0.717) is 5.54 Å². The molecule has 16 heavy (non-hydrogen) atoms. The molecule has 2 rings (SSSR count). The molecule has 1 saturated carbocycles. The van der Waals surface area contributed by atoms with Crippen molar-refractivity contribution in [3.8, 4) is 12.3 Å². The van der Waals surface area contributed by atoms with E-state index in [2.05, 4.69) is 10.8 Å². The van der Waals surface area contributed by atoms with E-state index in [9.17, 15) is 0 Å². The van der Waals surface area contributed by atoms with Gasteiger partial charge < -0.3 is 5.73 Å². The number of rotatable bonds is 4. The largest absolute Gasteiger partial charge is 0.326 e. The fraction of sp³-hybridized carbons (Fsp3) is 0.857. The van der Waals surface area contributed by atoms with Crippen molar-refractivity contribution in [1.29, 1.82) is 0 Å². The maximum Gasteiger partial charge on any atom is 0.0360 e. The summed E-state index contributed by atoms with van der Waals surface area (Å²) in [5.41, 5.74) is 6.74. The third-order valence-corrected chi connectivity index (χ3v) is 4.50. The van der Waals surface area contributed by atoms with Crippen LogP contribution in [-0.2, 0) is 0 Å². The Morgan fingerprint density at radius 3 is 2.38 bits per heavy atom. The second kappa shape index (κ2) is 5.21. The first-order chi connectivity index (χ1) is 7.79. The number of likely N-dealkylation sites (tertiary alicyclic amines) is 1. The molecule has 0 spiro atoms. The molecule has 0 radical (unpaired) electrons. The average Bonchev–Trinajstić information content (AvgIpc) is 2.95. The Labute approximate surface area is 99.6 Å². The van der Waals surface area contributed by atoms with Crippen molar-refractivity contribution in [3.63, 3.8) is 0 Å². The zero-order valence-corrected chi connectivity index (χ0v) is 10.3. The maximum absolute atomic E-state index is 6.44. The highest BCUT2D eigenvalue weighted by molar-refractivity contribution is 5.04. The number of hydrogen-bond acceptors (Lipinski definition) is 2. The molecular formula is C14H24N2. The molecule has 1 saturated heterocycles. The molecule has 2 aliphatic rings. The van der Waals surface area contributed by atoms with Crippen LogP contribution in [0, 0.1) is 12.3 Å². The molecule has 2 N–H and O–H groups in total. The Kier molecular flexibility index (Phi) is 3.89. The van der Waals surface area contributed by atoms with Gasteiger partial charge in [0.15, 0.2) is 0 Å². The van der Waals surface area contributed by atoms with E-state index < -0.39 is 0 Å². The first-order valence-corrected chi connectivity index (χ1v) is 6.74. The molecular weight excluding hydrogens is 196 g/mol. The summed E-state index contributed by atoms with van der Waals surface area (Å²) >= 11 is 0. The molecule has 0 bridgehead atoms. The summed E-state index contributed by atoms with van der Waals surface area (Å²) < 4.78 is 0. The molecule has 0 amide bonds. The number of nitrogens with zero attached hydrogens (tertiary/aromatic N) is 1. The van der Waals surface area contributed by atoms with E-state index in [1.54, 1.807) is 0 Å². The summed E-state index contributed by atoms with van der Waals surface area (Å²) in [5.74, 6) is 2.73. The Balaban J connectivity index is 2.05. The lowest BCUT2D eigenvalue weighted by molar-refractivity contribution is 0.0894. The minimum Gasteiger partial charge on any atom is -0.326 e. The second-order valence-electron chi connectivity index (χ2n) is 5.35. The van der Waals surface area contributed by atoms with E-state index >= 15 is 0 Å². The predicted molar refractivity (Wildman–Crippen MR) is 68.0 cm³/mol. The van der Waals surface area contributed by atoms with Crippen LogP contribution in [0.3, 0.4) is 0 Å². The Hall–Kier alpha value is -0.520. The summed E-state index contributed by atoms with van der Waals surface area (Å²) in [6.07, 6.45) is 15.2. The molecule has 1 unspecified atom stereocenters. The topological polar surface area (TPSA) is 29.3 Å². The van der Waals surface area contributed by atoms with Crippen molar-refractivity contribution in [3.05, 3.63) is 0 Å². The first-order valence-electron chi connectivity index (χ1n) is 6.74. The third-order valence-electron chi connectivity index (χ3n) is 4.50. The van der Waals surface area contributed by atoms with Gasteiger partial charge in [-0.2, -0.15) is 0 Å². The smallest absolute Gasteiger partial charge is 0.0360 e. The van der Waals surface area contributed by atoms with Crippen LogP contribution >= 0.6 is 0 Å². The molecule has 2 nitrogen and oxygen atoms in total. The summed E-state index contributed by atoms with van der Waals surface area (Å²) in [4.78, 5) is 2.67. The molecule has 2 heteroatoms. The third kappa shape index (κ3) is 2.12. The van der Waals surface area contributed by atoms with Crippen LogP contribution in [0.5, 0.6) is 0 Å². The fourth-order valence-electron chi connectivity index (χ4n) is 3.58. The van der Waals surface area contributed by atoms with E-state index in [0.717, 1.165) is 12.8 Å². The van der Waals surface area contributed by atoms with Gasteiger partial charge in [-0.25, -0.2) is 0 Å². The SMILES string of the molecule is C#CCCC(N)C1(N2CCCC2)CCCC1. The van der Waals surface area contributed by atoms with Gasteiger partial charge in [-0.3, -0.25) is 4.90 Å². The van der Waals surface area contributed by atoms with Gasteiger partial charge in [0.1, 0.15) is 0 Å². The Bertz CT molecular complexity index is 254. The van der Waals surface area contributed by atoms with Gasteiger partial charge in [0.05, 0.1) is 0 Å². The predicted octanol–water partition coefficient (Wildman–Crippen LogP) is 2.14. The van der Waals surface area contributed by atoms with Crippen LogP contribution in [0.4, 0.5) is 0 Å². The molecule has 90 valence electrons. The van der Waals surface area contributed by atoms with Crippen molar-refractivity contribution in [2.24, 2.45) is 5.73 Å². The second-order valence-corrected chi connectivity index (χ2v) is 5.35. The summed E-state index contributed by atoms with van der Waals surface area (Å²) in [6, 6.07) is 0.282. The standard InChI is InChI=1S/C14H24N2/c1-2-3-8-13(15)14(9-4-5-10-14)16-11-6-7-12-16/h1,13H,3-12,15H2. The lowest BCUT2D eigenvalue weighted by atomic mass is 9.84. The highest BCUT2D eigenvalue weighted by atomic mass is 15.2. The van der Waals surface area contributed by atoms with Crippen LogP contribution in [0.15, 0.2) is 0 Å². The van der Waals surface area contributed by atoms with Gasteiger partial charge in [-0.05, 0) is 45.2 Å². The van der Waals surface area contributed by atoms with Gasteiger partial charge in [-0.15, -0.1) is 12.3 Å². The number of nitrogens with two attached hydrogens (primary N) is 1.